The van der Waals surface area contributed by atoms with Gasteiger partial charge in [-0.15, -0.1) is 0 Å². The number of rotatable bonds is 3. The van der Waals surface area contributed by atoms with E-state index in [0.717, 1.165) is 5.75 Å². The molecule has 0 fully saturated rings. The number of benzene rings is 1. The van der Waals surface area contributed by atoms with Gasteiger partial charge in [0.05, 0.1) is 0 Å². The van der Waals surface area contributed by atoms with Gasteiger partial charge in [-0.1, -0.05) is 20.8 Å². The van der Waals surface area contributed by atoms with E-state index in [4.69, 9.17) is 15.6 Å². The lowest BCUT2D eigenvalue weighted by Crippen LogP contribution is -2.43. The normalized spacial score (nSPS) is 12.3. The fraction of sp³-hybridized carbons (Fsp3) is 0.462. The Morgan fingerprint density at radius 3 is 2.35 bits per heavy atom. The number of anilines is 1. The summed E-state index contributed by atoms with van der Waals surface area (Å²) in [7, 11) is -1.81. The maximum Gasteiger partial charge on any atom is 0.250 e. The molecule has 0 amide bonds. The first-order valence-electron chi connectivity index (χ1n) is 5.76. The minimum absolute atomic E-state index is 0.166. The molecule has 0 radical (unpaired) electrons. The van der Waals surface area contributed by atoms with Crippen LogP contribution in [0.2, 0.25) is 18.1 Å². The molecule has 1 aromatic carbocycles. The highest BCUT2D eigenvalue weighted by Crippen LogP contribution is 2.37. The molecule has 3 N–H and O–H groups in total. The topological polar surface area (TPSA) is 59.1 Å². The van der Waals surface area contributed by atoms with Crippen LogP contribution in [0, 0.1) is 5.41 Å². The summed E-state index contributed by atoms with van der Waals surface area (Å²) in [6, 6.07) is 5.51. The van der Waals surface area contributed by atoms with E-state index in [0.29, 0.717) is 11.3 Å². The van der Waals surface area contributed by atoms with Crippen LogP contribution in [-0.4, -0.2) is 14.5 Å². The lowest BCUT2D eigenvalue weighted by atomic mass is 10.2. The summed E-state index contributed by atoms with van der Waals surface area (Å²) >= 11 is 0. The van der Waals surface area contributed by atoms with E-state index in [9.17, 15) is 0 Å². The number of nitrogens with one attached hydrogen (secondary N) is 1. The molecule has 0 bridgehead atoms. The second kappa shape index (κ2) is 4.53. The van der Waals surface area contributed by atoms with Crippen molar-refractivity contribution in [3.8, 4) is 5.75 Å². The minimum atomic E-state index is -1.81. The summed E-state index contributed by atoms with van der Waals surface area (Å²) in [6.45, 7) is 11.0. The second-order valence-corrected chi connectivity index (χ2v) is 10.5. The van der Waals surface area contributed by atoms with Gasteiger partial charge in [0.15, 0.2) is 0 Å². The summed E-state index contributed by atoms with van der Waals surface area (Å²) in [6.07, 6.45) is 1.26. The fourth-order valence-corrected chi connectivity index (χ4v) is 2.21. The summed E-state index contributed by atoms with van der Waals surface area (Å²) < 4.78 is 6.14. The highest BCUT2D eigenvalue weighted by Gasteiger charge is 2.38. The zero-order chi connectivity index (χ0) is 13.3. The maximum absolute atomic E-state index is 7.29. The largest absolute Gasteiger partial charge is 0.543 e. The van der Waals surface area contributed by atoms with Crippen LogP contribution in [0.5, 0.6) is 5.75 Å². The molecule has 0 saturated heterocycles. The number of nitrogens with two attached hydrogens (primary N) is 1. The van der Waals surface area contributed by atoms with Gasteiger partial charge in [-0.2, -0.15) is 0 Å². The van der Waals surface area contributed by atoms with E-state index in [2.05, 4.69) is 33.9 Å². The molecule has 94 valence electrons. The van der Waals surface area contributed by atoms with Crippen molar-refractivity contribution >= 4 is 20.2 Å². The summed E-state index contributed by atoms with van der Waals surface area (Å²) in [4.78, 5) is 0. The zero-order valence-electron chi connectivity index (χ0n) is 11.3. The quantitative estimate of drug-likeness (QED) is 0.489. The Kier molecular flexibility index (Phi) is 3.67. The van der Waals surface area contributed by atoms with Crippen LogP contribution < -0.4 is 10.2 Å². The lowest BCUT2D eigenvalue weighted by Gasteiger charge is -2.36. The second-order valence-electron chi connectivity index (χ2n) is 5.80. The van der Waals surface area contributed by atoms with Crippen molar-refractivity contribution in [1.82, 2.24) is 0 Å². The van der Waals surface area contributed by atoms with E-state index in [1.54, 1.807) is 6.07 Å². The van der Waals surface area contributed by atoms with E-state index in [-0.39, 0.29) is 5.04 Å². The molecule has 1 aromatic rings. The molecule has 4 heteroatoms. The van der Waals surface area contributed by atoms with Gasteiger partial charge in [-0.25, -0.2) is 0 Å². The lowest BCUT2D eigenvalue weighted by molar-refractivity contribution is 0.492. The van der Waals surface area contributed by atoms with Gasteiger partial charge in [-0.05, 0) is 36.3 Å². The monoisotopic (exact) mass is 250 g/mol. The predicted octanol–water partition coefficient (Wildman–Crippen LogP) is 3.65. The zero-order valence-corrected chi connectivity index (χ0v) is 12.3. The van der Waals surface area contributed by atoms with Crippen molar-refractivity contribution in [2.45, 2.75) is 38.9 Å². The number of nitrogen functional groups attached to an aromatic ring is 1. The first-order valence-corrected chi connectivity index (χ1v) is 8.67. The molecule has 0 heterocycles. The van der Waals surface area contributed by atoms with Crippen LogP contribution in [-0.2, 0) is 0 Å². The molecule has 0 aliphatic rings. The maximum atomic E-state index is 7.29. The Bertz CT molecular complexity index is 422. The third-order valence-electron chi connectivity index (χ3n) is 3.39. The summed E-state index contributed by atoms with van der Waals surface area (Å²) in [5.41, 5.74) is 7.08. The molecule has 0 aromatic heterocycles. The summed E-state index contributed by atoms with van der Waals surface area (Å²) in [5.74, 6) is 0.810. The van der Waals surface area contributed by atoms with Crippen LogP contribution in [0.25, 0.3) is 0 Å². The third-order valence-corrected chi connectivity index (χ3v) is 7.75. The average molecular weight is 250 g/mol. The van der Waals surface area contributed by atoms with Crippen LogP contribution in [0.15, 0.2) is 18.2 Å². The third kappa shape index (κ3) is 3.09. The smallest absolute Gasteiger partial charge is 0.250 e. The molecule has 1 rings (SSSR count). The first-order chi connectivity index (χ1) is 7.67. The highest BCUT2D eigenvalue weighted by molar-refractivity contribution is 6.74. The Morgan fingerprint density at radius 1 is 1.29 bits per heavy atom. The molecule has 0 spiro atoms. The van der Waals surface area contributed by atoms with Gasteiger partial charge in [0, 0.05) is 17.5 Å². The van der Waals surface area contributed by atoms with Gasteiger partial charge in [-0.3, -0.25) is 0 Å². The SMILES string of the molecule is CC(C)(C)[Si](C)(C)Oc1ccc(N)c(C=N)c1. The first kappa shape index (κ1) is 13.8. The van der Waals surface area contributed by atoms with E-state index in [1.807, 2.05) is 12.1 Å². The van der Waals surface area contributed by atoms with Crippen molar-refractivity contribution in [3.63, 3.8) is 0 Å². The van der Waals surface area contributed by atoms with Gasteiger partial charge < -0.3 is 15.6 Å². The summed E-state index contributed by atoms with van der Waals surface area (Å²) in [5, 5.41) is 7.45. The van der Waals surface area contributed by atoms with Crippen LogP contribution in [0.3, 0.4) is 0 Å². The Hall–Kier alpha value is -1.29. The molecular formula is C13H22N2OSi. The number of hydrogen-bond acceptors (Lipinski definition) is 3. The van der Waals surface area contributed by atoms with Crippen molar-refractivity contribution in [2.75, 3.05) is 5.73 Å². The van der Waals surface area contributed by atoms with Crippen molar-refractivity contribution in [1.29, 1.82) is 5.41 Å². The molecule has 0 saturated carbocycles. The molecule has 0 aliphatic carbocycles. The van der Waals surface area contributed by atoms with Crippen LogP contribution in [0.1, 0.15) is 26.3 Å². The Morgan fingerprint density at radius 2 is 1.88 bits per heavy atom. The molecule has 0 atom stereocenters. The van der Waals surface area contributed by atoms with Gasteiger partial charge >= 0.3 is 0 Å². The molecular weight excluding hydrogens is 228 g/mol. The minimum Gasteiger partial charge on any atom is -0.543 e. The van der Waals surface area contributed by atoms with Gasteiger partial charge in [0.1, 0.15) is 5.75 Å². The molecule has 17 heavy (non-hydrogen) atoms. The Labute approximate surface area is 105 Å². The highest BCUT2D eigenvalue weighted by atomic mass is 28.4. The van der Waals surface area contributed by atoms with Crippen molar-refractivity contribution < 1.29 is 4.43 Å². The van der Waals surface area contributed by atoms with Crippen molar-refractivity contribution in [2.24, 2.45) is 0 Å². The van der Waals surface area contributed by atoms with Crippen LogP contribution in [0.4, 0.5) is 5.69 Å². The average Bonchev–Trinajstić information content (AvgIpc) is 2.19. The fourth-order valence-electron chi connectivity index (χ4n) is 1.19. The van der Waals surface area contributed by atoms with E-state index in [1.165, 1.54) is 6.21 Å². The molecule has 3 nitrogen and oxygen atoms in total. The predicted molar refractivity (Wildman–Crippen MR) is 76.6 cm³/mol. The molecule has 0 unspecified atom stereocenters. The van der Waals surface area contributed by atoms with Gasteiger partial charge in [0.25, 0.3) is 0 Å². The van der Waals surface area contributed by atoms with Crippen LogP contribution >= 0.6 is 0 Å². The standard InChI is InChI=1S/C13H22N2OSi/c1-13(2,3)17(4,5)16-11-6-7-12(15)10(8-11)9-14/h6-9,14H,15H2,1-5H3. The van der Waals surface area contributed by atoms with Crippen molar-refractivity contribution in [3.05, 3.63) is 23.8 Å². The Balaban J connectivity index is 3.00. The van der Waals surface area contributed by atoms with E-state index >= 15 is 0 Å². The van der Waals surface area contributed by atoms with E-state index < -0.39 is 8.32 Å². The molecule has 0 aliphatic heterocycles. The van der Waals surface area contributed by atoms with Gasteiger partial charge in [0.2, 0.25) is 8.32 Å². The number of hydrogen-bond donors (Lipinski definition) is 2.